The minimum Gasteiger partial charge on any atom is -0.391 e. The van der Waals surface area contributed by atoms with Crippen molar-refractivity contribution >= 4 is 6.21 Å². The molecule has 0 bridgehead atoms. The van der Waals surface area contributed by atoms with E-state index in [1.807, 2.05) is 42.5 Å². The quantitative estimate of drug-likeness (QED) is 0.186. The van der Waals surface area contributed by atoms with Crippen LogP contribution in [0, 0.1) is 29.1 Å². The van der Waals surface area contributed by atoms with Crippen LogP contribution in [-0.2, 0) is 11.4 Å². The molecule has 27 heavy (non-hydrogen) atoms. The fraction of sp³-hybridized carbons (Fsp3) is 0.0500. The highest BCUT2D eigenvalue weighted by Crippen LogP contribution is 2.24. The molecule has 3 aromatic carbocycles. The van der Waals surface area contributed by atoms with Crippen molar-refractivity contribution in [1.29, 1.82) is 0 Å². The first-order valence-corrected chi connectivity index (χ1v) is 7.80. The molecule has 0 N–H and O–H groups in total. The Morgan fingerprint density at radius 3 is 1.93 bits per heavy atom. The highest BCUT2D eigenvalue weighted by molar-refractivity contribution is 5.90. The minimum atomic E-state index is -2.21. The van der Waals surface area contributed by atoms with Crippen molar-refractivity contribution in [1.82, 2.24) is 0 Å². The zero-order valence-electron chi connectivity index (χ0n) is 13.7. The van der Waals surface area contributed by atoms with Crippen LogP contribution in [0.4, 0.5) is 22.0 Å². The molecule has 0 aliphatic heterocycles. The average Bonchev–Trinajstić information content (AvgIpc) is 2.71. The van der Waals surface area contributed by atoms with E-state index in [-0.39, 0.29) is 0 Å². The summed E-state index contributed by atoms with van der Waals surface area (Å²) in [5, 5.41) is 3.59. The lowest BCUT2D eigenvalue weighted by Crippen LogP contribution is -2.07. The summed E-state index contributed by atoms with van der Waals surface area (Å²) >= 11 is 0. The molecule has 0 unspecified atom stereocenters. The fourth-order valence-corrected chi connectivity index (χ4v) is 2.46. The Morgan fingerprint density at radius 1 is 0.704 bits per heavy atom. The number of benzene rings is 3. The molecule has 0 saturated heterocycles. The van der Waals surface area contributed by atoms with Crippen molar-refractivity contribution in [3.05, 3.63) is 94.8 Å². The summed E-state index contributed by atoms with van der Waals surface area (Å²) in [6.07, 6.45) is 1.30. The van der Waals surface area contributed by atoms with Crippen molar-refractivity contribution in [3.8, 4) is 11.1 Å². The molecular weight excluding hydrogens is 365 g/mol. The maximum atomic E-state index is 13.6. The van der Waals surface area contributed by atoms with E-state index in [0.717, 1.165) is 11.1 Å². The van der Waals surface area contributed by atoms with Gasteiger partial charge in [0.15, 0.2) is 23.3 Å². The molecule has 0 radical (unpaired) electrons. The Labute approximate surface area is 151 Å². The van der Waals surface area contributed by atoms with Gasteiger partial charge in [0.05, 0.1) is 11.8 Å². The topological polar surface area (TPSA) is 21.6 Å². The van der Waals surface area contributed by atoms with Gasteiger partial charge in [0.1, 0.15) is 6.61 Å². The van der Waals surface area contributed by atoms with Crippen LogP contribution in [0.5, 0.6) is 0 Å². The van der Waals surface area contributed by atoms with Gasteiger partial charge in [0, 0.05) is 5.56 Å². The Hall–Kier alpha value is -3.22. The molecule has 0 spiro atoms. The standard InChI is InChI=1S/C20H12F5NO/c21-16-15(17(22)19(24)20(25)18(16)23)11-27-26-10-13-8-4-5-9-14(13)12-6-2-1-3-7-12/h1-10H,11H2/b26-10+. The molecule has 0 saturated carbocycles. The molecule has 3 aromatic rings. The van der Waals surface area contributed by atoms with Crippen molar-refractivity contribution in [2.45, 2.75) is 6.61 Å². The molecule has 0 amide bonds. The van der Waals surface area contributed by atoms with Crippen LogP contribution in [0.15, 0.2) is 59.8 Å². The first-order chi connectivity index (χ1) is 13.0. The molecule has 0 aliphatic carbocycles. The molecule has 0 aliphatic rings. The zero-order chi connectivity index (χ0) is 19.4. The summed E-state index contributed by atoms with van der Waals surface area (Å²) in [6.45, 7) is -0.907. The lowest BCUT2D eigenvalue weighted by Gasteiger charge is -2.07. The molecule has 0 fully saturated rings. The summed E-state index contributed by atoms with van der Waals surface area (Å²) in [5.74, 6) is -10.1. The van der Waals surface area contributed by atoms with E-state index < -0.39 is 41.3 Å². The Balaban J connectivity index is 1.79. The third-order valence-electron chi connectivity index (χ3n) is 3.82. The van der Waals surface area contributed by atoms with Gasteiger partial charge in [-0.1, -0.05) is 59.8 Å². The van der Waals surface area contributed by atoms with Crippen LogP contribution in [-0.4, -0.2) is 6.21 Å². The normalized spacial score (nSPS) is 11.1. The van der Waals surface area contributed by atoms with Crippen molar-refractivity contribution in [2.24, 2.45) is 5.16 Å². The molecular formula is C20H12F5NO. The van der Waals surface area contributed by atoms with Crippen molar-refractivity contribution < 1.29 is 26.8 Å². The number of halogens is 5. The van der Waals surface area contributed by atoms with Gasteiger partial charge in [0.2, 0.25) is 5.82 Å². The maximum absolute atomic E-state index is 13.6. The maximum Gasteiger partial charge on any atom is 0.200 e. The third-order valence-corrected chi connectivity index (χ3v) is 3.82. The van der Waals surface area contributed by atoms with Gasteiger partial charge < -0.3 is 4.84 Å². The van der Waals surface area contributed by atoms with Crippen LogP contribution >= 0.6 is 0 Å². The molecule has 0 atom stereocenters. The molecule has 138 valence electrons. The number of hydrogen-bond acceptors (Lipinski definition) is 2. The highest BCUT2D eigenvalue weighted by Gasteiger charge is 2.25. The first-order valence-electron chi connectivity index (χ1n) is 7.80. The van der Waals surface area contributed by atoms with E-state index in [2.05, 4.69) is 5.16 Å². The fourth-order valence-electron chi connectivity index (χ4n) is 2.46. The monoisotopic (exact) mass is 377 g/mol. The number of oxime groups is 1. The van der Waals surface area contributed by atoms with E-state index in [9.17, 15) is 22.0 Å². The van der Waals surface area contributed by atoms with Gasteiger partial charge in [0.25, 0.3) is 0 Å². The van der Waals surface area contributed by atoms with Crippen molar-refractivity contribution in [2.75, 3.05) is 0 Å². The number of rotatable bonds is 5. The SMILES string of the molecule is Fc1c(F)c(F)c(CO/N=C/c2ccccc2-c2ccccc2)c(F)c1F. The van der Waals surface area contributed by atoms with E-state index in [1.165, 1.54) is 6.21 Å². The van der Waals surface area contributed by atoms with E-state index >= 15 is 0 Å². The molecule has 0 heterocycles. The summed E-state index contributed by atoms with van der Waals surface area (Å²) in [5.41, 5.74) is 1.32. The number of hydrogen-bond donors (Lipinski definition) is 0. The van der Waals surface area contributed by atoms with Crippen LogP contribution in [0.25, 0.3) is 11.1 Å². The first kappa shape index (κ1) is 18.6. The Kier molecular flexibility index (Phi) is 5.49. The lowest BCUT2D eigenvalue weighted by molar-refractivity contribution is 0.124. The van der Waals surface area contributed by atoms with Gasteiger partial charge in [-0.15, -0.1) is 0 Å². The molecule has 2 nitrogen and oxygen atoms in total. The second-order valence-corrected chi connectivity index (χ2v) is 5.51. The second-order valence-electron chi connectivity index (χ2n) is 5.51. The van der Waals surface area contributed by atoms with E-state index in [1.54, 1.807) is 12.1 Å². The van der Waals surface area contributed by atoms with Gasteiger partial charge in [-0.2, -0.15) is 0 Å². The van der Waals surface area contributed by atoms with Gasteiger partial charge in [-0.05, 0) is 11.1 Å². The molecule has 3 rings (SSSR count). The predicted octanol–water partition coefficient (Wildman–Crippen LogP) is 5.60. The summed E-state index contributed by atoms with van der Waals surface area (Å²) in [4.78, 5) is 4.76. The number of nitrogens with zero attached hydrogens (tertiary/aromatic N) is 1. The van der Waals surface area contributed by atoms with Crippen molar-refractivity contribution in [3.63, 3.8) is 0 Å². The third kappa shape index (κ3) is 3.81. The van der Waals surface area contributed by atoms with Crippen LogP contribution in [0.2, 0.25) is 0 Å². The second kappa shape index (κ2) is 7.99. The van der Waals surface area contributed by atoms with Gasteiger partial charge in [-0.3, -0.25) is 0 Å². The summed E-state index contributed by atoms with van der Waals surface area (Å²) in [6, 6.07) is 16.6. The highest BCUT2D eigenvalue weighted by atomic mass is 19.2. The zero-order valence-corrected chi connectivity index (χ0v) is 13.7. The van der Waals surface area contributed by atoms with Crippen LogP contribution in [0.1, 0.15) is 11.1 Å². The van der Waals surface area contributed by atoms with Crippen LogP contribution < -0.4 is 0 Å². The van der Waals surface area contributed by atoms with E-state index in [0.29, 0.717) is 5.56 Å². The summed E-state index contributed by atoms with van der Waals surface area (Å²) in [7, 11) is 0. The lowest BCUT2D eigenvalue weighted by atomic mass is 10.0. The van der Waals surface area contributed by atoms with Gasteiger partial charge >= 0.3 is 0 Å². The largest absolute Gasteiger partial charge is 0.391 e. The molecule has 7 heteroatoms. The van der Waals surface area contributed by atoms with Gasteiger partial charge in [-0.25, -0.2) is 22.0 Å². The summed E-state index contributed by atoms with van der Waals surface area (Å²) < 4.78 is 66.5. The van der Waals surface area contributed by atoms with Crippen LogP contribution in [0.3, 0.4) is 0 Å². The average molecular weight is 377 g/mol. The smallest absolute Gasteiger partial charge is 0.200 e. The predicted molar refractivity (Wildman–Crippen MR) is 90.5 cm³/mol. The van der Waals surface area contributed by atoms with E-state index in [4.69, 9.17) is 4.84 Å². The molecule has 0 aromatic heterocycles. The Bertz CT molecular complexity index is 960. The minimum absolute atomic E-state index is 0.654. The Morgan fingerprint density at radius 2 is 1.26 bits per heavy atom.